The Bertz CT molecular complexity index is 659. The summed E-state index contributed by atoms with van der Waals surface area (Å²) in [4.78, 5) is 1.86. The molecular weight excluding hydrogens is 253 g/mol. The van der Waals surface area contributed by atoms with Crippen LogP contribution in [0.15, 0.2) is 42.5 Å². The summed E-state index contributed by atoms with van der Waals surface area (Å²) in [5.74, 6) is -0.317. The second kappa shape index (κ2) is 5.72. The largest absolute Gasteiger partial charge is 0.343 e. The van der Waals surface area contributed by atoms with Gasteiger partial charge in [-0.1, -0.05) is 12.1 Å². The number of rotatable bonds is 3. The molecule has 0 saturated heterocycles. The lowest BCUT2D eigenvalue weighted by atomic mass is 10.0. The van der Waals surface area contributed by atoms with Crippen molar-refractivity contribution >= 4 is 11.4 Å². The molecule has 4 heteroatoms. The molecule has 2 rings (SSSR count). The van der Waals surface area contributed by atoms with Crippen molar-refractivity contribution in [2.24, 2.45) is 5.73 Å². The first-order valence-electron chi connectivity index (χ1n) is 6.32. The second-order valence-electron chi connectivity index (χ2n) is 4.68. The van der Waals surface area contributed by atoms with Crippen LogP contribution in [0.1, 0.15) is 24.1 Å². The van der Waals surface area contributed by atoms with Crippen LogP contribution in [0, 0.1) is 17.1 Å². The van der Waals surface area contributed by atoms with Crippen molar-refractivity contribution < 1.29 is 4.39 Å². The van der Waals surface area contributed by atoms with Gasteiger partial charge in [0.25, 0.3) is 0 Å². The molecule has 0 aliphatic carbocycles. The summed E-state index contributed by atoms with van der Waals surface area (Å²) in [5.41, 5.74) is 8.75. The molecule has 2 aromatic rings. The average molecular weight is 269 g/mol. The Kier molecular flexibility index (Phi) is 4.02. The van der Waals surface area contributed by atoms with E-state index in [4.69, 9.17) is 5.73 Å². The van der Waals surface area contributed by atoms with E-state index in [1.54, 1.807) is 12.1 Å². The number of halogens is 1. The van der Waals surface area contributed by atoms with Crippen molar-refractivity contribution in [2.75, 3.05) is 11.9 Å². The number of nitrogens with two attached hydrogens (primary N) is 1. The van der Waals surface area contributed by atoms with Gasteiger partial charge < -0.3 is 10.6 Å². The summed E-state index contributed by atoms with van der Waals surface area (Å²) in [6, 6.07) is 13.7. The van der Waals surface area contributed by atoms with Gasteiger partial charge in [0, 0.05) is 18.8 Å². The third-order valence-electron chi connectivity index (χ3n) is 3.23. The Morgan fingerprint density at radius 1 is 1.20 bits per heavy atom. The number of para-hydroxylation sites is 1. The van der Waals surface area contributed by atoms with Gasteiger partial charge in [-0.2, -0.15) is 5.26 Å². The summed E-state index contributed by atoms with van der Waals surface area (Å²) in [6.07, 6.45) is 0. The number of hydrogen-bond donors (Lipinski definition) is 1. The maximum absolute atomic E-state index is 13.4. The van der Waals surface area contributed by atoms with E-state index in [0.29, 0.717) is 11.1 Å². The Labute approximate surface area is 118 Å². The van der Waals surface area contributed by atoms with Crippen LogP contribution in [0.4, 0.5) is 15.8 Å². The minimum Gasteiger partial charge on any atom is -0.343 e. The lowest BCUT2D eigenvalue weighted by Gasteiger charge is -2.25. The zero-order chi connectivity index (χ0) is 14.7. The van der Waals surface area contributed by atoms with Crippen LogP contribution in [0.5, 0.6) is 0 Å². The third kappa shape index (κ3) is 2.63. The molecule has 0 heterocycles. The molecule has 0 fully saturated rings. The highest BCUT2D eigenvalue weighted by atomic mass is 19.1. The molecule has 20 heavy (non-hydrogen) atoms. The molecule has 0 spiro atoms. The smallest absolute Gasteiger partial charge is 0.123 e. The van der Waals surface area contributed by atoms with Crippen molar-refractivity contribution in [1.29, 1.82) is 5.26 Å². The maximum Gasteiger partial charge on any atom is 0.123 e. The van der Waals surface area contributed by atoms with Crippen molar-refractivity contribution in [2.45, 2.75) is 13.0 Å². The molecular formula is C16H16FN3. The van der Waals surface area contributed by atoms with Gasteiger partial charge in [0.05, 0.1) is 11.3 Å². The van der Waals surface area contributed by atoms with E-state index < -0.39 is 0 Å². The van der Waals surface area contributed by atoms with Gasteiger partial charge in [0.2, 0.25) is 0 Å². The van der Waals surface area contributed by atoms with E-state index >= 15 is 0 Å². The molecule has 0 aliphatic heterocycles. The molecule has 102 valence electrons. The van der Waals surface area contributed by atoms with Crippen LogP contribution in [0.3, 0.4) is 0 Å². The minimum atomic E-state index is -0.317. The number of hydrogen-bond acceptors (Lipinski definition) is 3. The molecule has 2 aromatic carbocycles. The van der Waals surface area contributed by atoms with E-state index in [2.05, 4.69) is 6.07 Å². The fourth-order valence-corrected chi connectivity index (χ4v) is 2.19. The summed E-state index contributed by atoms with van der Waals surface area (Å²) in [7, 11) is 1.84. The first-order valence-corrected chi connectivity index (χ1v) is 6.32. The van der Waals surface area contributed by atoms with Crippen LogP contribution in [-0.4, -0.2) is 7.05 Å². The third-order valence-corrected chi connectivity index (χ3v) is 3.23. The average Bonchev–Trinajstić information content (AvgIpc) is 2.46. The SMILES string of the molecule is C[C@H](N)c1cc(F)ccc1N(C)c1ccccc1C#N. The van der Waals surface area contributed by atoms with Crippen LogP contribution in [0.2, 0.25) is 0 Å². The van der Waals surface area contributed by atoms with Gasteiger partial charge in [-0.3, -0.25) is 0 Å². The quantitative estimate of drug-likeness (QED) is 0.928. The molecule has 0 aromatic heterocycles. The highest BCUT2D eigenvalue weighted by molar-refractivity contribution is 5.71. The van der Waals surface area contributed by atoms with Crippen LogP contribution in [0.25, 0.3) is 0 Å². The minimum absolute atomic E-state index is 0.294. The molecule has 0 aliphatic rings. The Morgan fingerprint density at radius 3 is 2.55 bits per heavy atom. The van der Waals surface area contributed by atoms with Gasteiger partial charge >= 0.3 is 0 Å². The fraction of sp³-hybridized carbons (Fsp3) is 0.188. The van der Waals surface area contributed by atoms with Crippen LogP contribution >= 0.6 is 0 Å². The fourth-order valence-electron chi connectivity index (χ4n) is 2.19. The lowest BCUT2D eigenvalue weighted by Crippen LogP contribution is -2.16. The number of nitrogens with zero attached hydrogens (tertiary/aromatic N) is 2. The molecule has 0 unspecified atom stereocenters. The zero-order valence-electron chi connectivity index (χ0n) is 11.5. The molecule has 0 saturated carbocycles. The number of benzene rings is 2. The van der Waals surface area contributed by atoms with Gasteiger partial charge in [0.15, 0.2) is 0 Å². The standard InChI is InChI=1S/C16H16FN3/c1-11(19)14-9-13(17)7-8-16(14)20(2)15-6-4-3-5-12(15)10-18/h3-9,11H,19H2,1-2H3/t11-/m0/s1. The van der Waals surface area contributed by atoms with Crippen molar-refractivity contribution in [1.82, 2.24) is 0 Å². The van der Waals surface area contributed by atoms with Crippen molar-refractivity contribution in [3.8, 4) is 6.07 Å². The Balaban J connectivity index is 2.54. The Hall–Kier alpha value is -2.38. The van der Waals surface area contributed by atoms with Gasteiger partial charge in [-0.15, -0.1) is 0 Å². The monoisotopic (exact) mass is 269 g/mol. The highest BCUT2D eigenvalue weighted by Crippen LogP contribution is 2.32. The van der Waals surface area contributed by atoms with Crippen LogP contribution in [-0.2, 0) is 0 Å². The van der Waals surface area contributed by atoms with Gasteiger partial charge in [0.1, 0.15) is 11.9 Å². The van der Waals surface area contributed by atoms with Gasteiger partial charge in [-0.05, 0) is 42.8 Å². The van der Waals surface area contributed by atoms with Crippen LogP contribution < -0.4 is 10.6 Å². The van der Waals surface area contributed by atoms with Crippen molar-refractivity contribution in [3.05, 3.63) is 59.4 Å². The Morgan fingerprint density at radius 2 is 1.90 bits per heavy atom. The lowest BCUT2D eigenvalue weighted by molar-refractivity contribution is 0.622. The highest BCUT2D eigenvalue weighted by Gasteiger charge is 2.15. The van der Waals surface area contributed by atoms with E-state index in [0.717, 1.165) is 11.4 Å². The molecule has 1 atom stereocenters. The van der Waals surface area contributed by atoms with E-state index in [1.165, 1.54) is 12.1 Å². The maximum atomic E-state index is 13.4. The van der Waals surface area contributed by atoms with E-state index in [1.807, 2.05) is 37.1 Å². The van der Waals surface area contributed by atoms with Crippen molar-refractivity contribution in [3.63, 3.8) is 0 Å². The second-order valence-corrected chi connectivity index (χ2v) is 4.68. The van der Waals surface area contributed by atoms with E-state index in [9.17, 15) is 9.65 Å². The number of anilines is 2. The molecule has 0 radical (unpaired) electrons. The molecule has 0 bridgehead atoms. The topological polar surface area (TPSA) is 53.0 Å². The predicted octanol–water partition coefficient (Wildman–Crippen LogP) is 3.48. The van der Waals surface area contributed by atoms with E-state index in [-0.39, 0.29) is 11.9 Å². The first-order chi connectivity index (χ1) is 9.54. The molecule has 3 nitrogen and oxygen atoms in total. The zero-order valence-corrected chi connectivity index (χ0v) is 11.5. The van der Waals surface area contributed by atoms with Gasteiger partial charge in [-0.25, -0.2) is 4.39 Å². The normalized spacial score (nSPS) is 11.8. The molecule has 0 amide bonds. The summed E-state index contributed by atoms with van der Waals surface area (Å²) in [6.45, 7) is 1.81. The summed E-state index contributed by atoms with van der Waals surface area (Å²) >= 11 is 0. The predicted molar refractivity (Wildman–Crippen MR) is 78.2 cm³/mol. The summed E-state index contributed by atoms with van der Waals surface area (Å²) in [5, 5.41) is 9.18. The molecule has 2 N–H and O–H groups in total. The number of nitriles is 1. The summed E-state index contributed by atoms with van der Waals surface area (Å²) < 4.78 is 13.4. The first kappa shape index (κ1) is 14.0.